The van der Waals surface area contributed by atoms with Gasteiger partial charge in [-0.1, -0.05) is 93.7 Å². The molecule has 1 aromatic rings. The van der Waals surface area contributed by atoms with E-state index in [0.29, 0.717) is 18.2 Å². The normalized spacial score (nSPS) is 13.9. The zero-order valence-electron chi connectivity index (χ0n) is 26.0. The molecule has 5 heteroatoms. The van der Waals surface area contributed by atoms with Gasteiger partial charge < -0.3 is 19.5 Å². The molecule has 0 radical (unpaired) electrons. The second-order valence-corrected chi connectivity index (χ2v) is 10.1. The Balaban J connectivity index is 2.18. The highest BCUT2D eigenvalue weighted by atomic mass is 16.6. The zero-order valence-corrected chi connectivity index (χ0v) is 26.0. The number of ether oxygens (including phenoxy) is 2. The number of esters is 1. The lowest BCUT2D eigenvalue weighted by atomic mass is 10.1. The number of carbonyl (C=O) groups excluding carboxylic acids is 1. The van der Waals surface area contributed by atoms with Crippen molar-refractivity contribution in [2.45, 2.75) is 97.6 Å². The first-order valence-corrected chi connectivity index (χ1v) is 15.5. The van der Waals surface area contributed by atoms with E-state index in [0.717, 1.165) is 64.5 Å². The minimum Gasteiger partial charge on any atom is -0.490 e. The molecule has 41 heavy (non-hydrogen) atoms. The number of aliphatic hydroxyl groups is 1. The van der Waals surface area contributed by atoms with Gasteiger partial charge in [0.2, 0.25) is 0 Å². The number of nitrogens with zero attached hydrogens (tertiary/aromatic N) is 1. The van der Waals surface area contributed by atoms with Gasteiger partial charge in [-0.25, -0.2) is 0 Å². The van der Waals surface area contributed by atoms with Crippen LogP contribution in [0, 0.1) is 0 Å². The summed E-state index contributed by atoms with van der Waals surface area (Å²) in [4.78, 5) is 14.6. The molecule has 228 valence electrons. The maximum absolute atomic E-state index is 12.2. The fourth-order valence-corrected chi connectivity index (χ4v) is 4.33. The molecular weight excluding hydrogens is 510 g/mol. The van der Waals surface area contributed by atoms with Crippen molar-refractivity contribution in [2.75, 3.05) is 26.3 Å². The summed E-state index contributed by atoms with van der Waals surface area (Å²) in [6.45, 7) is 10.7. The molecule has 0 spiro atoms. The van der Waals surface area contributed by atoms with Crippen LogP contribution < -0.4 is 4.74 Å². The minimum absolute atomic E-state index is 0.131. The SMILES string of the molecule is CC/C=C\C/C=C\C/C=C\C/C=C\C/C=C\CCCC(=O)OC(CO)COc1ccc(CC(C)N(CC)CC)cc1. The molecule has 2 atom stereocenters. The molecule has 0 saturated heterocycles. The first-order chi connectivity index (χ1) is 20.0. The van der Waals surface area contributed by atoms with Gasteiger partial charge in [-0.3, -0.25) is 4.79 Å². The molecule has 0 aliphatic heterocycles. The lowest BCUT2D eigenvalue weighted by Gasteiger charge is -2.26. The molecule has 2 unspecified atom stereocenters. The van der Waals surface area contributed by atoms with Crippen LogP contribution >= 0.6 is 0 Å². The fraction of sp³-hybridized carbons (Fsp3) is 0.528. The van der Waals surface area contributed by atoms with Crippen LogP contribution in [0.5, 0.6) is 5.75 Å². The molecule has 5 nitrogen and oxygen atoms in total. The Kier molecular flexibility index (Phi) is 21.9. The highest BCUT2D eigenvalue weighted by Crippen LogP contribution is 2.16. The van der Waals surface area contributed by atoms with E-state index >= 15 is 0 Å². The van der Waals surface area contributed by atoms with Gasteiger partial charge in [-0.05, 0) is 89.1 Å². The summed E-state index contributed by atoms with van der Waals surface area (Å²) >= 11 is 0. The van der Waals surface area contributed by atoms with E-state index in [4.69, 9.17) is 9.47 Å². The number of aliphatic hydroxyl groups excluding tert-OH is 1. The van der Waals surface area contributed by atoms with E-state index < -0.39 is 6.10 Å². The summed E-state index contributed by atoms with van der Waals surface area (Å²) in [7, 11) is 0. The number of allylic oxidation sites excluding steroid dienone is 10. The van der Waals surface area contributed by atoms with Crippen LogP contribution in [-0.4, -0.2) is 54.4 Å². The smallest absolute Gasteiger partial charge is 0.306 e. The molecule has 0 aromatic heterocycles. The van der Waals surface area contributed by atoms with Crippen molar-refractivity contribution in [3.8, 4) is 5.75 Å². The second kappa shape index (κ2) is 24.9. The molecule has 0 aliphatic carbocycles. The zero-order chi connectivity index (χ0) is 30.0. The Morgan fingerprint density at radius 3 is 1.88 bits per heavy atom. The highest BCUT2D eigenvalue weighted by molar-refractivity contribution is 5.69. The van der Waals surface area contributed by atoms with Gasteiger partial charge >= 0.3 is 5.97 Å². The van der Waals surface area contributed by atoms with Crippen LogP contribution in [0.25, 0.3) is 0 Å². The molecular formula is C36H55NO4. The average Bonchev–Trinajstić information content (AvgIpc) is 2.98. The van der Waals surface area contributed by atoms with Crippen molar-refractivity contribution < 1.29 is 19.4 Å². The number of likely N-dealkylation sites (N-methyl/N-ethyl adjacent to an activating group) is 1. The molecule has 0 heterocycles. The average molecular weight is 566 g/mol. The highest BCUT2D eigenvalue weighted by Gasteiger charge is 2.15. The van der Waals surface area contributed by atoms with E-state index in [-0.39, 0.29) is 19.2 Å². The molecule has 0 aliphatic rings. The first-order valence-electron chi connectivity index (χ1n) is 15.5. The lowest BCUT2D eigenvalue weighted by molar-refractivity contribution is -0.152. The first kappa shape index (κ1) is 36.1. The predicted octanol–water partition coefficient (Wildman–Crippen LogP) is 8.16. The minimum atomic E-state index is -0.668. The van der Waals surface area contributed by atoms with Crippen molar-refractivity contribution in [3.05, 3.63) is 90.6 Å². The largest absolute Gasteiger partial charge is 0.490 e. The Labute approximate surface area is 250 Å². The number of benzene rings is 1. The van der Waals surface area contributed by atoms with Crippen molar-refractivity contribution in [1.29, 1.82) is 0 Å². The van der Waals surface area contributed by atoms with Crippen LogP contribution in [0.4, 0.5) is 0 Å². The van der Waals surface area contributed by atoms with Gasteiger partial charge in [0, 0.05) is 12.5 Å². The van der Waals surface area contributed by atoms with E-state index in [9.17, 15) is 9.90 Å². The van der Waals surface area contributed by atoms with Gasteiger partial charge in [0.05, 0.1) is 6.61 Å². The molecule has 0 amide bonds. The number of hydrogen-bond donors (Lipinski definition) is 1. The van der Waals surface area contributed by atoms with Crippen molar-refractivity contribution in [2.24, 2.45) is 0 Å². The summed E-state index contributed by atoms with van der Waals surface area (Å²) < 4.78 is 11.2. The van der Waals surface area contributed by atoms with Crippen LogP contribution in [0.2, 0.25) is 0 Å². The van der Waals surface area contributed by atoms with E-state index in [1.54, 1.807) is 0 Å². The van der Waals surface area contributed by atoms with E-state index in [1.807, 2.05) is 12.1 Å². The van der Waals surface area contributed by atoms with Crippen LogP contribution in [-0.2, 0) is 16.0 Å². The molecule has 0 bridgehead atoms. The van der Waals surface area contributed by atoms with E-state index in [2.05, 4.69) is 105 Å². The van der Waals surface area contributed by atoms with Crippen molar-refractivity contribution >= 4 is 5.97 Å². The summed E-state index contributed by atoms with van der Waals surface area (Å²) in [5.41, 5.74) is 1.26. The lowest BCUT2D eigenvalue weighted by Crippen LogP contribution is -2.34. The second-order valence-electron chi connectivity index (χ2n) is 10.1. The van der Waals surface area contributed by atoms with Gasteiger partial charge in [0.15, 0.2) is 6.10 Å². The number of hydrogen-bond acceptors (Lipinski definition) is 5. The Hall–Kier alpha value is -2.89. The number of carbonyl (C=O) groups is 1. The van der Waals surface area contributed by atoms with Gasteiger partial charge in [0.1, 0.15) is 12.4 Å². The van der Waals surface area contributed by atoms with Crippen LogP contribution in [0.3, 0.4) is 0 Å². The van der Waals surface area contributed by atoms with Gasteiger partial charge in [0.25, 0.3) is 0 Å². The summed E-state index contributed by atoms with van der Waals surface area (Å²) in [5.74, 6) is 0.401. The third kappa shape index (κ3) is 19.0. The standard InChI is InChI=1S/C36H55NO4/c1-5-8-9-10-11-12-13-14-15-16-17-18-19-20-21-22-23-24-36(39)41-35(30-38)31-40-34-27-25-33(26-28-34)29-32(4)37(6-2)7-3/h8-9,11-12,14-15,17-18,20-21,25-28,32,35,38H,5-7,10,13,16,19,22-24,29-31H2,1-4H3/b9-8-,12-11-,15-14-,18-17-,21-20-. The molecule has 1 rings (SSSR count). The quantitative estimate of drug-likeness (QED) is 0.0824. The van der Waals surface area contributed by atoms with Crippen LogP contribution in [0.1, 0.15) is 84.6 Å². The van der Waals surface area contributed by atoms with Crippen molar-refractivity contribution in [3.63, 3.8) is 0 Å². The number of rotatable bonds is 23. The van der Waals surface area contributed by atoms with E-state index in [1.165, 1.54) is 5.56 Å². The molecule has 1 N–H and O–H groups in total. The fourth-order valence-electron chi connectivity index (χ4n) is 4.33. The predicted molar refractivity (Wildman–Crippen MR) is 173 cm³/mol. The maximum Gasteiger partial charge on any atom is 0.306 e. The summed E-state index contributed by atoms with van der Waals surface area (Å²) in [6.07, 6.45) is 28.8. The summed E-state index contributed by atoms with van der Waals surface area (Å²) in [6, 6.07) is 8.50. The third-order valence-corrected chi connectivity index (χ3v) is 6.74. The Morgan fingerprint density at radius 1 is 0.829 bits per heavy atom. The molecule has 0 saturated carbocycles. The monoisotopic (exact) mass is 565 g/mol. The molecule has 1 aromatic carbocycles. The number of unbranched alkanes of at least 4 members (excludes halogenated alkanes) is 1. The van der Waals surface area contributed by atoms with Gasteiger partial charge in [-0.15, -0.1) is 0 Å². The van der Waals surface area contributed by atoms with Crippen molar-refractivity contribution in [1.82, 2.24) is 4.90 Å². The topological polar surface area (TPSA) is 59.0 Å². The Morgan fingerprint density at radius 2 is 1.37 bits per heavy atom. The van der Waals surface area contributed by atoms with Crippen LogP contribution in [0.15, 0.2) is 85.0 Å². The third-order valence-electron chi connectivity index (χ3n) is 6.74. The molecule has 0 fully saturated rings. The van der Waals surface area contributed by atoms with Gasteiger partial charge in [-0.2, -0.15) is 0 Å². The Bertz CT molecular complexity index is 925. The maximum atomic E-state index is 12.2. The summed E-state index contributed by atoms with van der Waals surface area (Å²) in [5, 5.41) is 9.63.